The molecule has 1 unspecified atom stereocenters. The highest BCUT2D eigenvalue weighted by Gasteiger charge is 2.37. The van der Waals surface area contributed by atoms with Crippen molar-refractivity contribution in [2.24, 2.45) is 5.73 Å². The predicted octanol–water partition coefficient (Wildman–Crippen LogP) is 5.31. The van der Waals surface area contributed by atoms with Gasteiger partial charge in [-0.3, -0.25) is 14.6 Å². The van der Waals surface area contributed by atoms with Crippen LogP contribution in [0.1, 0.15) is 61.9 Å². The van der Waals surface area contributed by atoms with E-state index in [-0.39, 0.29) is 30.3 Å². The van der Waals surface area contributed by atoms with E-state index in [1.54, 1.807) is 53.6 Å². The highest BCUT2D eigenvalue weighted by Crippen LogP contribution is 2.35. The molecule has 15 nitrogen and oxygen atoms in total. The Labute approximate surface area is 317 Å². The number of pyridine rings is 1. The van der Waals surface area contributed by atoms with Crippen molar-refractivity contribution in [1.29, 1.82) is 0 Å². The molecule has 2 aromatic carbocycles. The number of alkyl carbamates (subject to hydrolysis) is 1. The summed E-state index contributed by atoms with van der Waals surface area (Å²) < 4.78 is 9.92. The Morgan fingerprint density at radius 1 is 0.782 bits per heavy atom. The maximum atomic E-state index is 13.7. The number of benzene rings is 2. The molecule has 55 heavy (non-hydrogen) atoms. The smallest absolute Gasteiger partial charge is 0.407 e. The summed E-state index contributed by atoms with van der Waals surface area (Å²) in [6, 6.07) is 18.7. The Hall–Kier alpha value is -6.51. The normalized spacial score (nSPS) is 17.8. The number of imidazole rings is 2. The Morgan fingerprint density at radius 3 is 1.76 bits per heavy atom. The summed E-state index contributed by atoms with van der Waals surface area (Å²) in [5.74, 6) is 0.887. The average Bonchev–Trinajstić information content (AvgIpc) is 4.04. The zero-order valence-electron chi connectivity index (χ0n) is 30.6. The number of nitrogens with one attached hydrogen (secondary N) is 3. The number of aromatic nitrogens is 5. The van der Waals surface area contributed by atoms with E-state index in [1.807, 2.05) is 24.3 Å². The number of amides is 4. The van der Waals surface area contributed by atoms with Crippen LogP contribution in [0.4, 0.5) is 9.59 Å². The van der Waals surface area contributed by atoms with Crippen molar-refractivity contribution in [3.05, 3.63) is 103 Å². The summed E-state index contributed by atoms with van der Waals surface area (Å²) in [6.45, 7) is 2.75. The third-order valence-corrected chi connectivity index (χ3v) is 10.2. The molecule has 2 fully saturated rings. The quantitative estimate of drug-likeness (QED) is 0.138. The lowest BCUT2D eigenvalue weighted by atomic mass is 10.0. The third-order valence-electron chi connectivity index (χ3n) is 10.2. The summed E-state index contributed by atoms with van der Waals surface area (Å²) in [7, 11) is 1.27. The number of methoxy groups -OCH3 is 1. The highest BCUT2D eigenvalue weighted by molar-refractivity contribution is 5.86. The molecular weight excluding hydrogens is 702 g/mol. The standard InChI is InChI=1S/C40H43N9O6/c1-24(45-40(53)54-2)37(50)48-19-3-5-32(48)35-43-22-30(46-35)28-11-7-26(8-12-28)27-9-13-29(14-10-27)31-23-44-36(47-31)33-6-4-20-49(33)38(51)34(55-39(41)52)21-25-15-17-42-18-16-25/h7-18,22-24,32-34H,3-6,19-21H2,1-2H3,(H2,41,52)(H,43,46)(H,44,47)(H,45,53)/t24-,32?,33-,34-/m0/s1. The molecule has 0 spiro atoms. The second-order valence-electron chi connectivity index (χ2n) is 13.7. The number of H-pyrrole nitrogens is 2. The molecular formula is C40H43N9O6. The lowest BCUT2D eigenvalue weighted by Crippen LogP contribution is -2.46. The van der Waals surface area contributed by atoms with Crippen molar-refractivity contribution < 1.29 is 28.7 Å². The lowest BCUT2D eigenvalue weighted by Gasteiger charge is -2.27. The number of nitrogens with two attached hydrogens (primary N) is 1. The van der Waals surface area contributed by atoms with Crippen molar-refractivity contribution in [1.82, 2.24) is 40.0 Å². The van der Waals surface area contributed by atoms with Crippen LogP contribution in [0.5, 0.6) is 0 Å². The summed E-state index contributed by atoms with van der Waals surface area (Å²) >= 11 is 0. The van der Waals surface area contributed by atoms with Crippen molar-refractivity contribution in [3.8, 4) is 33.6 Å². The molecule has 7 rings (SSSR count). The van der Waals surface area contributed by atoms with Gasteiger partial charge in [0.15, 0.2) is 6.10 Å². The van der Waals surface area contributed by atoms with Crippen LogP contribution in [0.3, 0.4) is 0 Å². The maximum Gasteiger partial charge on any atom is 0.407 e. The van der Waals surface area contributed by atoms with Crippen molar-refractivity contribution >= 4 is 24.0 Å². The Kier molecular flexibility index (Phi) is 10.9. The maximum absolute atomic E-state index is 13.7. The van der Waals surface area contributed by atoms with E-state index in [2.05, 4.69) is 59.2 Å². The van der Waals surface area contributed by atoms with Gasteiger partial charge in [-0.1, -0.05) is 48.5 Å². The van der Waals surface area contributed by atoms with Gasteiger partial charge in [-0.05, 0) is 72.6 Å². The largest absolute Gasteiger partial charge is 0.453 e. The van der Waals surface area contributed by atoms with Crippen molar-refractivity contribution in [2.75, 3.05) is 20.2 Å². The van der Waals surface area contributed by atoms with Crippen LogP contribution in [0, 0.1) is 0 Å². The minimum atomic E-state index is -1.05. The first kappa shape index (κ1) is 36.8. The molecule has 3 aromatic heterocycles. The molecule has 2 saturated heterocycles. The zero-order valence-corrected chi connectivity index (χ0v) is 30.6. The molecule has 0 saturated carbocycles. The number of likely N-dealkylation sites (tertiary alicyclic amines) is 2. The number of carbonyl (C=O) groups is 4. The average molecular weight is 746 g/mol. The second-order valence-corrected chi connectivity index (χ2v) is 13.7. The van der Waals surface area contributed by atoms with Crippen molar-refractivity contribution in [2.45, 2.75) is 63.3 Å². The van der Waals surface area contributed by atoms with E-state index in [0.717, 1.165) is 64.9 Å². The molecule has 0 radical (unpaired) electrons. The van der Waals surface area contributed by atoms with Gasteiger partial charge in [0, 0.05) is 31.9 Å². The molecule has 5 heterocycles. The van der Waals surface area contributed by atoms with Gasteiger partial charge in [-0.2, -0.15) is 0 Å². The molecule has 2 aliphatic rings. The second kappa shape index (κ2) is 16.2. The molecule has 2 aliphatic heterocycles. The molecule has 4 atom stereocenters. The van der Waals surface area contributed by atoms with Crippen LogP contribution in [-0.2, 0) is 25.5 Å². The fraction of sp³-hybridized carbons (Fsp3) is 0.325. The van der Waals surface area contributed by atoms with Gasteiger partial charge < -0.3 is 40.3 Å². The number of hydrogen-bond donors (Lipinski definition) is 4. The molecule has 5 aromatic rings. The van der Waals surface area contributed by atoms with Gasteiger partial charge >= 0.3 is 12.2 Å². The summed E-state index contributed by atoms with van der Waals surface area (Å²) in [4.78, 5) is 73.7. The molecule has 5 N–H and O–H groups in total. The van der Waals surface area contributed by atoms with Gasteiger partial charge in [0.2, 0.25) is 5.91 Å². The number of ether oxygens (including phenoxy) is 2. The topological polar surface area (TPSA) is 202 Å². The van der Waals surface area contributed by atoms with Crippen LogP contribution in [-0.4, -0.2) is 91.1 Å². The summed E-state index contributed by atoms with van der Waals surface area (Å²) in [5, 5.41) is 2.55. The fourth-order valence-electron chi connectivity index (χ4n) is 7.40. The lowest BCUT2D eigenvalue weighted by molar-refractivity contribution is -0.141. The number of primary amides is 1. The van der Waals surface area contributed by atoms with Gasteiger partial charge in [0.25, 0.3) is 5.91 Å². The van der Waals surface area contributed by atoms with E-state index in [4.69, 9.17) is 10.5 Å². The Bertz CT molecular complexity index is 2130. The minimum Gasteiger partial charge on any atom is -0.453 e. The first-order valence-electron chi connectivity index (χ1n) is 18.3. The molecule has 0 aliphatic carbocycles. The van der Waals surface area contributed by atoms with E-state index in [0.29, 0.717) is 24.7 Å². The fourth-order valence-corrected chi connectivity index (χ4v) is 7.40. The first-order chi connectivity index (χ1) is 26.7. The molecule has 284 valence electrons. The predicted molar refractivity (Wildman–Crippen MR) is 202 cm³/mol. The number of nitrogens with zero attached hydrogens (tertiary/aromatic N) is 5. The highest BCUT2D eigenvalue weighted by atomic mass is 16.6. The monoisotopic (exact) mass is 745 g/mol. The Morgan fingerprint density at radius 2 is 1.27 bits per heavy atom. The summed E-state index contributed by atoms with van der Waals surface area (Å²) in [6.07, 6.45) is 7.43. The van der Waals surface area contributed by atoms with E-state index >= 15 is 0 Å². The van der Waals surface area contributed by atoms with Gasteiger partial charge in [0.05, 0.1) is 43.0 Å². The van der Waals surface area contributed by atoms with Crippen LogP contribution in [0.15, 0.2) is 85.5 Å². The molecule has 4 amide bonds. The van der Waals surface area contributed by atoms with Crippen LogP contribution < -0.4 is 11.1 Å². The summed E-state index contributed by atoms with van der Waals surface area (Å²) in [5.41, 5.74) is 11.8. The van der Waals surface area contributed by atoms with Crippen LogP contribution in [0.25, 0.3) is 33.6 Å². The molecule has 15 heteroatoms. The van der Waals surface area contributed by atoms with Crippen LogP contribution >= 0.6 is 0 Å². The SMILES string of the molecule is COC(=O)N[C@@H](C)C(=O)N1CCCC1c1ncc(-c2ccc(-c3ccc(-c4cnc([C@@H]5CCCN5C(=O)[C@H](Cc5ccncc5)OC(N)=O)[nH]4)cc3)cc2)[nH]1. The van der Waals surface area contributed by atoms with Gasteiger partial charge in [0.1, 0.15) is 17.7 Å². The van der Waals surface area contributed by atoms with E-state index in [1.165, 1.54) is 7.11 Å². The van der Waals surface area contributed by atoms with E-state index in [9.17, 15) is 19.2 Å². The van der Waals surface area contributed by atoms with Gasteiger partial charge in [-0.15, -0.1) is 0 Å². The number of hydrogen-bond acceptors (Lipinski definition) is 9. The Balaban J connectivity index is 0.994. The van der Waals surface area contributed by atoms with E-state index < -0.39 is 24.3 Å². The van der Waals surface area contributed by atoms with Crippen LogP contribution in [0.2, 0.25) is 0 Å². The zero-order chi connectivity index (χ0) is 38.5. The third kappa shape index (κ3) is 8.20. The van der Waals surface area contributed by atoms with Gasteiger partial charge in [-0.25, -0.2) is 19.6 Å². The number of rotatable bonds is 11. The number of carbonyl (C=O) groups excluding carboxylic acids is 4. The minimum absolute atomic E-state index is 0.179. The number of aromatic amines is 2. The molecule has 0 bridgehead atoms. The first-order valence-corrected chi connectivity index (χ1v) is 18.3. The van der Waals surface area contributed by atoms with Crippen molar-refractivity contribution in [3.63, 3.8) is 0 Å².